The van der Waals surface area contributed by atoms with Gasteiger partial charge in [-0.25, -0.2) is 17.6 Å². The molecular weight excluding hydrogens is 747 g/mol. The van der Waals surface area contributed by atoms with Gasteiger partial charge in [-0.2, -0.15) is 0 Å². The van der Waals surface area contributed by atoms with Crippen LogP contribution in [0.4, 0.5) is 15.8 Å². The average Bonchev–Trinajstić information content (AvgIpc) is 3.56. The van der Waals surface area contributed by atoms with Gasteiger partial charge in [-0.3, -0.25) is 13.9 Å². The van der Waals surface area contributed by atoms with E-state index in [0.29, 0.717) is 46.3 Å². The first-order valence-electron chi connectivity index (χ1n) is 15.6. The van der Waals surface area contributed by atoms with Gasteiger partial charge in [-0.05, 0) is 91.9 Å². The van der Waals surface area contributed by atoms with Gasteiger partial charge < -0.3 is 24.3 Å². The summed E-state index contributed by atoms with van der Waals surface area (Å²) in [5, 5.41) is 2.44. The number of esters is 1. The van der Waals surface area contributed by atoms with E-state index in [0.717, 1.165) is 22.5 Å². The fraction of sp³-hybridized carbons (Fsp3) is 0.132. The molecule has 4 aromatic carbocycles. The van der Waals surface area contributed by atoms with Crippen LogP contribution in [0, 0.1) is 18.2 Å². The maximum atomic E-state index is 14.7. The minimum absolute atomic E-state index is 0.00577. The van der Waals surface area contributed by atoms with E-state index in [9.17, 15) is 27.2 Å². The molecule has 0 aliphatic heterocycles. The Labute approximate surface area is 313 Å². The number of ketones is 1. The number of carbonyl (C=O) groups is 3. The molecule has 1 heterocycles. The number of terminal acetylenes is 1. The number of nitrogens with zero attached hydrogens (tertiary/aromatic N) is 1. The van der Waals surface area contributed by atoms with Crippen LogP contribution in [0.1, 0.15) is 42.9 Å². The summed E-state index contributed by atoms with van der Waals surface area (Å²) < 4.78 is 64.7. The number of hydrogen-bond acceptors (Lipinski definition) is 10. The largest absolute Gasteiger partial charge is 0.493 e. The minimum Gasteiger partial charge on any atom is -0.493 e. The number of benzene rings is 4. The number of rotatable bonds is 14. The third-order valence-electron chi connectivity index (χ3n) is 7.48. The number of amides is 1. The monoisotopic (exact) mass is 776 g/mol. The number of hydrogen-bond donors (Lipinski definition) is 1. The third-order valence-corrected chi connectivity index (χ3v) is 10.7. The SMILES string of the molecule is C#CCOc1ccc(C(=O)c2ccc(OC(=O)c3cc(F)cc(NC(=O)c4sc(Cl)cc4S(=O)(=O)N(C)c4ccc(OCC)c(OC)c4)c3)cc2)cc1. The molecule has 15 heteroatoms. The summed E-state index contributed by atoms with van der Waals surface area (Å²) in [5.74, 6) is 0.602. The highest BCUT2D eigenvalue weighted by Gasteiger charge is 2.31. The maximum absolute atomic E-state index is 14.7. The zero-order valence-electron chi connectivity index (χ0n) is 28.3. The molecule has 1 amide bonds. The first kappa shape index (κ1) is 38.4. The molecule has 0 unspecified atom stereocenters. The summed E-state index contributed by atoms with van der Waals surface area (Å²) >= 11 is 6.89. The van der Waals surface area contributed by atoms with E-state index in [1.807, 2.05) is 0 Å². The quantitative estimate of drug-likeness (QED) is 0.0527. The van der Waals surface area contributed by atoms with Crippen molar-refractivity contribution >= 4 is 62.0 Å². The molecule has 0 bridgehead atoms. The second-order valence-corrected chi connectivity index (χ2v) is 14.5. The van der Waals surface area contributed by atoms with Crippen molar-refractivity contribution in [3.8, 4) is 35.3 Å². The summed E-state index contributed by atoms with van der Waals surface area (Å²) in [7, 11) is -1.65. The molecule has 1 aromatic heterocycles. The molecule has 0 aliphatic carbocycles. The number of thiophene rings is 1. The van der Waals surface area contributed by atoms with Crippen molar-refractivity contribution in [2.24, 2.45) is 0 Å². The van der Waals surface area contributed by atoms with Gasteiger partial charge in [0.25, 0.3) is 15.9 Å². The Morgan fingerprint density at radius 2 is 1.55 bits per heavy atom. The topological polar surface area (TPSA) is 138 Å². The average molecular weight is 777 g/mol. The van der Waals surface area contributed by atoms with E-state index >= 15 is 0 Å². The molecule has 53 heavy (non-hydrogen) atoms. The highest BCUT2D eigenvalue weighted by atomic mass is 35.5. The standard InChI is InChI=1S/C38H30ClFN2O9S2/c1-5-17-50-29-12-7-23(8-13-29)35(43)24-9-14-30(15-10-24)51-38(45)25-18-26(40)20-27(19-25)41-37(44)36-33(22-34(39)52-36)53(46,47)42(3)28-11-16-31(49-6-2)32(21-28)48-4/h1,7-16,18-22H,6,17H2,2-4H3,(H,41,44). The lowest BCUT2D eigenvalue weighted by Gasteiger charge is -2.21. The molecule has 0 fully saturated rings. The molecule has 5 rings (SSSR count). The van der Waals surface area contributed by atoms with Crippen molar-refractivity contribution in [1.29, 1.82) is 0 Å². The molecule has 5 aromatic rings. The highest BCUT2D eigenvalue weighted by Crippen LogP contribution is 2.37. The molecule has 0 aliphatic rings. The lowest BCUT2D eigenvalue weighted by atomic mass is 10.0. The smallest absolute Gasteiger partial charge is 0.343 e. The Balaban J connectivity index is 1.29. The zero-order valence-corrected chi connectivity index (χ0v) is 30.7. The van der Waals surface area contributed by atoms with E-state index in [-0.39, 0.29) is 44.3 Å². The second-order valence-electron chi connectivity index (χ2n) is 10.9. The van der Waals surface area contributed by atoms with Crippen molar-refractivity contribution in [1.82, 2.24) is 0 Å². The van der Waals surface area contributed by atoms with E-state index in [4.69, 9.17) is 37.0 Å². The number of anilines is 2. The van der Waals surface area contributed by atoms with Crippen LogP contribution in [-0.2, 0) is 10.0 Å². The van der Waals surface area contributed by atoms with Gasteiger partial charge in [0.2, 0.25) is 0 Å². The molecule has 0 saturated carbocycles. The van der Waals surface area contributed by atoms with Crippen LogP contribution in [0.3, 0.4) is 0 Å². The number of halogens is 2. The Hall–Kier alpha value is -5.88. The van der Waals surface area contributed by atoms with Gasteiger partial charge in [0.15, 0.2) is 17.3 Å². The number of methoxy groups -OCH3 is 1. The molecular formula is C38H30ClFN2O9S2. The van der Waals surface area contributed by atoms with Crippen LogP contribution in [-0.4, -0.2) is 53.4 Å². The summed E-state index contributed by atoms with van der Waals surface area (Å²) in [6.07, 6.45) is 5.19. The zero-order chi connectivity index (χ0) is 38.3. The van der Waals surface area contributed by atoms with Crippen LogP contribution in [0.2, 0.25) is 4.34 Å². The van der Waals surface area contributed by atoms with Gasteiger partial charge in [-0.1, -0.05) is 17.5 Å². The van der Waals surface area contributed by atoms with Crippen LogP contribution in [0.5, 0.6) is 23.0 Å². The van der Waals surface area contributed by atoms with Gasteiger partial charge in [0, 0.05) is 29.9 Å². The van der Waals surface area contributed by atoms with E-state index in [1.165, 1.54) is 56.6 Å². The van der Waals surface area contributed by atoms with Crippen molar-refractivity contribution in [2.75, 3.05) is 37.0 Å². The normalized spacial score (nSPS) is 10.9. The molecule has 0 atom stereocenters. The third kappa shape index (κ3) is 8.96. The van der Waals surface area contributed by atoms with E-state index < -0.39 is 32.6 Å². The minimum atomic E-state index is -4.36. The lowest BCUT2D eigenvalue weighted by Crippen LogP contribution is -2.28. The van der Waals surface area contributed by atoms with Crippen LogP contribution >= 0.6 is 22.9 Å². The number of carbonyl (C=O) groups excluding carboxylic acids is 3. The van der Waals surface area contributed by atoms with E-state index in [2.05, 4.69) is 11.2 Å². The van der Waals surface area contributed by atoms with Gasteiger partial charge in [0.1, 0.15) is 33.7 Å². The fourth-order valence-electron chi connectivity index (χ4n) is 4.91. The van der Waals surface area contributed by atoms with Crippen LogP contribution < -0.4 is 28.6 Å². The molecule has 11 nitrogen and oxygen atoms in total. The molecule has 0 spiro atoms. The maximum Gasteiger partial charge on any atom is 0.343 e. The number of nitrogens with one attached hydrogen (secondary N) is 1. The van der Waals surface area contributed by atoms with Crippen molar-refractivity contribution in [2.45, 2.75) is 11.8 Å². The van der Waals surface area contributed by atoms with Crippen molar-refractivity contribution < 1.29 is 46.1 Å². The molecule has 1 N–H and O–H groups in total. The second kappa shape index (κ2) is 16.6. The number of sulfonamides is 1. The molecule has 272 valence electrons. The fourth-order valence-corrected chi connectivity index (χ4v) is 7.79. The number of ether oxygens (including phenoxy) is 4. The Bertz CT molecular complexity index is 2320. The summed E-state index contributed by atoms with van der Waals surface area (Å²) in [4.78, 5) is 38.7. The van der Waals surface area contributed by atoms with Crippen LogP contribution in [0.25, 0.3) is 0 Å². The van der Waals surface area contributed by atoms with Gasteiger partial charge >= 0.3 is 5.97 Å². The Kier molecular flexibility index (Phi) is 12.0. The highest BCUT2D eigenvalue weighted by molar-refractivity contribution is 7.93. The Morgan fingerprint density at radius 3 is 2.17 bits per heavy atom. The van der Waals surface area contributed by atoms with E-state index in [1.54, 1.807) is 37.3 Å². The first-order chi connectivity index (χ1) is 25.3. The van der Waals surface area contributed by atoms with Crippen LogP contribution in [0.15, 0.2) is 95.9 Å². The summed E-state index contributed by atoms with van der Waals surface area (Å²) in [6, 6.07) is 20.9. The lowest BCUT2D eigenvalue weighted by molar-refractivity contribution is 0.0733. The van der Waals surface area contributed by atoms with Crippen molar-refractivity contribution in [3.05, 3.63) is 123 Å². The predicted octanol–water partition coefficient (Wildman–Crippen LogP) is 7.49. The predicted molar refractivity (Wildman–Crippen MR) is 199 cm³/mol. The first-order valence-corrected chi connectivity index (χ1v) is 18.2. The van der Waals surface area contributed by atoms with Gasteiger partial charge in [-0.15, -0.1) is 17.8 Å². The molecule has 0 radical (unpaired) electrons. The molecule has 0 saturated heterocycles. The summed E-state index contributed by atoms with van der Waals surface area (Å²) in [6.45, 7) is 2.25. The Morgan fingerprint density at radius 1 is 0.887 bits per heavy atom. The van der Waals surface area contributed by atoms with Crippen molar-refractivity contribution in [3.63, 3.8) is 0 Å². The van der Waals surface area contributed by atoms with Gasteiger partial charge in [0.05, 0.1) is 29.3 Å². The summed E-state index contributed by atoms with van der Waals surface area (Å²) in [5.41, 5.74) is 0.515.